The third-order valence-corrected chi connectivity index (χ3v) is 0. The maximum atomic E-state index is 6.25. The minimum absolute atomic E-state index is 0. The SMILES string of the molecule is [C-]#N.[C-]#N.[C-]#N.[C-]#N.[C-]#N.[C-]#N.[Fe+4].[Pt+2]. The van der Waals surface area contributed by atoms with Crippen molar-refractivity contribution in [2.75, 3.05) is 0 Å². The summed E-state index contributed by atoms with van der Waals surface area (Å²) in [6.45, 7) is 28.5. The monoisotopic (exact) mass is 407 g/mol. The summed E-state index contributed by atoms with van der Waals surface area (Å²) in [6, 6.07) is 0. The van der Waals surface area contributed by atoms with E-state index >= 15 is 0 Å². The first kappa shape index (κ1) is 87.7. The Morgan fingerprint density at radius 1 is 0.357 bits per heavy atom. The second-order valence-electron chi connectivity index (χ2n) is 0. The fourth-order valence-electron chi connectivity index (χ4n) is 0. The van der Waals surface area contributed by atoms with Gasteiger partial charge in [0.1, 0.15) is 0 Å². The maximum absolute atomic E-state index is 6.25. The summed E-state index contributed by atoms with van der Waals surface area (Å²) in [4.78, 5) is 0. The molecule has 14 heavy (non-hydrogen) atoms. The van der Waals surface area contributed by atoms with E-state index in [1.165, 1.54) is 0 Å². The standard InChI is InChI=1S/6CN.Fe.Pt/c6*1-2;;/q6*-1;+4;+2. The van der Waals surface area contributed by atoms with E-state index in [1.807, 2.05) is 0 Å². The third kappa shape index (κ3) is 248. The minimum atomic E-state index is 0. The summed E-state index contributed by atoms with van der Waals surface area (Å²) >= 11 is 0. The largest absolute Gasteiger partial charge is 4.00 e. The number of hydrogen-bond acceptors (Lipinski definition) is 6. The molecule has 0 bridgehead atoms. The summed E-state index contributed by atoms with van der Waals surface area (Å²) in [7, 11) is 0. The van der Waals surface area contributed by atoms with Crippen molar-refractivity contribution in [2.45, 2.75) is 0 Å². The van der Waals surface area contributed by atoms with Gasteiger partial charge in [-0.05, 0) is 0 Å². The van der Waals surface area contributed by atoms with Crippen LogP contribution >= 0.6 is 0 Å². The first-order valence-corrected chi connectivity index (χ1v) is 1.34. The van der Waals surface area contributed by atoms with Crippen LogP contribution in [0.3, 0.4) is 0 Å². The van der Waals surface area contributed by atoms with Crippen molar-refractivity contribution < 1.29 is 38.1 Å². The molecule has 72 valence electrons. The van der Waals surface area contributed by atoms with Gasteiger partial charge >= 0.3 is 38.1 Å². The smallest absolute Gasteiger partial charge is 0.512 e. The molecule has 0 unspecified atom stereocenters. The Hall–Kier alpha value is -1.85. The van der Waals surface area contributed by atoms with Crippen LogP contribution in [0, 0.1) is 71.0 Å². The molecule has 0 radical (unpaired) electrons. The Morgan fingerprint density at radius 2 is 0.357 bits per heavy atom. The van der Waals surface area contributed by atoms with E-state index in [0.29, 0.717) is 0 Å². The van der Waals surface area contributed by atoms with Crippen molar-refractivity contribution in [3.8, 4) is 0 Å². The minimum Gasteiger partial charge on any atom is -0.512 e. The van der Waals surface area contributed by atoms with Crippen LogP contribution in [0.2, 0.25) is 0 Å². The quantitative estimate of drug-likeness (QED) is 0.425. The fourth-order valence-corrected chi connectivity index (χ4v) is 0. The summed E-state index contributed by atoms with van der Waals surface area (Å²) in [6.07, 6.45) is 0. The van der Waals surface area contributed by atoms with Gasteiger partial charge in [-0.15, -0.1) is 0 Å². The predicted octanol–water partition coefficient (Wildman–Crippen LogP) is 0.573. The molecule has 0 amide bonds. The summed E-state index contributed by atoms with van der Waals surface area (Å²) in [5, 5.41) is 37.5. The summed E-state index contributed by atoms with van der Waals surface area (Å²) < 4.78 is 0. The molecule has 0 aromatic rings. The number of nitrogens with zero attached hydrogens (tertiary/aromatic N) is 6. The zero-order valence-electron chi connectivity index (χ0n) is 6.35. The normalized spacial score (nSPS) is 0.857. The molecule has 0 aliphatic heterocycles. The van der Waals surface area contributed by atoms with Gasteiger partial charge in [0.15, 0.2) is 0 Å². The molecule has 0 aromatic carbocycles. The average Bonchev–Trinajstić information content (AvgIpc) is 2.33. The molecule has 0 aromatic heterocycles. The van der Waals surface area contributed by atoms with Crippen molar-refractivity contribution in [1.29, 1.82) is 31.6 Å². The van der Waals surface area contributed by atoms with Crippen LogP contribution in [-0.4, -0.2) is 0 Å². The molecule has 0 saturated heterocycles. The molecule has 0 N–H and O–H groups in total. The molecule has 0 aliphatic carbocycles. The van der Waals surface area contributed by atoms with Gasteiger partial charge in [0, 0.05) is 0 Å². The van der Waals surface area contributed by atoms with E-state index in [1.54, 1.807) is 0 Å². The molecule has 0 spiro atoms. The maximum Gasteiger partial charge on any atom is 4.00 e. The van der Waals surface area contributed by atoms with E-state index in [9.17, 15) is 0 Å². The van der Waals surface area contributed by atoms with Crippen molar-refractivity contribution in [2.24, 2.45) is 0 Å². The van der Waals surface area contributed by atoms with Gasteiger partial charge in [-0.2, -0.15) is 0 Å². The Labute approximate surface area is 109 Å². The van der Waals surface area contributed by atoms with Gasteiger partial charge in [-0.3, -0.25) is 0 Å². The number of hydrogen-bond donors (Lipinski definition) is 0. The summed E-state index contributed by atoms with van der Waals surface area (Å²) in [5.74, 6) is 0. The topological polar surface area (TPSA) is 143 Å². The first-order valence-electron chi connectivity index (χ1n) is 1.34. The van der Waals surface area contributed by atoms with Gasteiger partial charge in [-0.25, -0.2) is 0 Å². The van der Waals surface area contributed by atoms with Crippen LogP contribution in [0.5, 0.6) is 0 Å². The second-order valence-corrected chi connectivity index (χ2v) is 0. The Balaban J connectivity index is -0.00000000500. The molecule has 0 aliphatic rings. The van der Waals surface area contributed by atoms with Crippen molar-refractivity contribution in [3.63, 3.8) is 0 Å². The van der Waals surface area contributed by atoms with Crippen LogP contribution in [0.4, 0.5) is 0 Å². The molecule has 0 saturated carbocycles. The van der Waals surface area contributed by atoms with Crippen molar-refractivity contribution in [3.05, 3.63) is 39.4 Å². The van der Waals surface area contributed by atoms with E-state index < -0.39 is 0 Å². The first-order chi connectivity index (χ1) is 6.00. The van der Waals surface area contributed by atoms with Crippen molar-refractivity contribution in [1.82, 2.24) is 0 Å². The Morgan fingerprint density at radius 3 is 0.357 bits per heavy atom. The molecule has 8 heteroatoms. The Bertz CT molecular complexity index is 97.3. The average molecular weight is 407 g/mol. The van der Waals surface area contributed by atoms with Crippen LogP contribution in [0.1, 0.15) is 0 Å². The van der Waals surface area contributed by atoms with E-state index in [2.05, 4.69) is 0 Å². The van der Waals surface area contributed by atoms with Gasteiger partial charge < -0.3 is 71.0 Å². The van der Waals surface area contributed by atoms with Crippen LogP contribution in [0.15, 0.2) is 0 Å². The molecule has 0 rings (SSSR count). The molecule has 0 heterocycles. The molecular weight excluding hydrogens is 407 g/mol. The predicted molar refractivity (Wildman–Crippen MR) is 29.8 cm³/mol. The molecule has 0 atom stereocenters. The van der Waals surface area contributed by atoms with E-state index in [0.717, 1.165) is 0 Å². The zero-order chi connectivity index (χ0) is 12.0. The molecule has 6 nitrogen and oxygen atoms in total. The summed E-state index contributed by atoms with van der Waals surface area (Å²) in [5.41, 5.74) is 0. The van der Waals surface area contributed by atoms with E-state index in [-0.39, 0.29) is 38.1 Å². The van der Waals surface area contributed by atoms with Gasteiger partial charge in [0.25, 0.3) is 0 Å². The Kier molecular flexibility index (Phi) is 2100. The number of rotatable bonds is 0. The van der Waals surface area contributed by atoms with Crippen molar-refractivity contribution >= 4 is 0 Å². The van der Waals surface area contributed by atoms with E-state index in [4.69, 9.17) is 71.0 Å². The van der Waals surface area contributed by atoms with Gasteiger partial charge in [0.05, 0.1) is 0 Å². The van der Waals surface area contributed by atoms with Gasteiger partial charge in [-0.1, -0.05) is 0 Å². The second kappa shape index (κ2) is 335. The molecule has 0 fully saturated rings. The third-order valence-electron chi connectivity index (χ3n) is 0. The van der Waals surface area contributed by atoms with Crippen LogP contribution in [0.25, 0.3) is 0 Å². The van der Waals surface area contributed by atoms with Crippen LogP contribution < -0.4 is 0 Å². The fraction of sp³-hybridized carbons (Fsp3) is 0. The van der Waals surface area contributed by atoms with Crippen LogP contribution in [-0.2, 0) is 38.1 Å². The zero-order valence-corrected chi connectivity index (χ0v) is 9.73. The molecular formula is C6FeN6Pt. The van der Waals surface area contributed by atoms with Gasteiger partial charge in [0.2, 0.25) is 0 Å².